The van der Waals surface area contributed by atoms with Crippen LogP contribution in [-0.4, -0.2) is 13.2 Å². The van der Waals surface area contributed by atoms with Crippen LogP contribution in [-0.2, 0) is 0 Å². The number of fused-ring (bicyclic) bond motifs is 1. The van der Waals surface area contributed by atoms with Crippen LogP contribution in [0.5, 0.6) is 11.5 Å². The first kappa shape index (κ1) is 17.0. The van der Waals surface area contributed by atoms with Gasteiger partial charge in [-0.25, -0.2) is 4.39 Å². The molecule has 0 heterocycles. The summed E-state index contributed by atoms with van der Waals surface area (Å²) < 4.78 is 25.5. The second kappa shape index (κ2) is 7.84. The van der Waals surface area contributed by atoms with E-state index in [1.165, 1.54) is 0 Å². The van der Waals surface area contributed by atoms with E-state index in [4.69, 9.17) is 9.47 Å². The predicted molar refractivity (Wildman–Crippen MR) is 101 cm³/mol. The van der Waals surface area contributed by atoms with Crippen molar-refractivity contribution in [3.05, 3.63) is 72.6 Å². The van der Waals surface area contributed by atoms with Gasteiger partial charge in [-0.2, -0.15) is 0 Å². The summed E-state index contributed by atoms with van der Waals surface area (Å²) >= 11 is 0. The summed E-state index contributed by atoms with van der Waals surface area (Å²) in [7, 11) is 0. The minimum absolute atomic E-state index is 0.277. The van der Waals surface area contributed by atoms with E-state index in [-0.39, 0.29) is 11.6 Å². The lowest BCUT2D eigenvalue weighted by Gasteiger charge is -2.10. The van der Waals surface area contributed by atoms with Gasteiger partial charge in [-0.05, 0) is 54.6 Å². The maximum Gasteiger partial charge on any atom is 0.172 e. The third-order valence-electron chi connectivity index (χ3n) is 3.99. The fourth-order valence-corrected chi connectivity index (χ4v) is 2.71. The zero-order chi connectivity index (χ0) is 17.6. The normalized spacial score (nSPS) is 11.2. The molecule has 3 rings (SSSR count). The highest BCUT2D eigenvalue weighted by atomic mass is 19.1. The number of hydrogen-bond donors (Lipinski definition) is 0. The molecule has 0 saturated carbocycles. The van der Waals surface area contributed by atoms with Crippen molar-refractivity contribution in [2.45, 2.75) is 13.8 Å². The lowest BCUT2D eigenvalue weighted by Crippen LogP contribution is -1.96. The summed E-state index contributed by atoms with van der Waals surface area (Å²) in [4.78, 5) is 0. The summed E-state index contributed by atoms with van der Waals surface area (Å²) in [6.45, 7) is 4.88. The van der Waals surface area contributed by atoms with Gasteiger partial charge in [0.25, 0.3) is 0 Å². The summed E-state index contributed by atoms with van der Waals surface area (Å²) in [6, 6.07) is 17.2. The summed E-state index contributed by atoms with van der Waals surface area (Å²) in [5.74, 6) is 0.806. The minimum atomic E-state index is -0.319. The molecular formula is C22H21FO2. The van der Waals surface area contributed by atoms with Gasteiger partial charge in [0.05, 0.1) is 6.61 Å². The molecule has 3 aromatic rings. The van der Waals surface area contributed by atoms with Gasteiger partial charge in [0.15, 0.2) is 11.6 Å². The van der Waals surface area contributed by atoms with Crippen molar-refractivity contribution in [2.24, 2.45) is 0 Å². The molecule has 25 heavy (non-hydrogen) atoms. The fourth-order valence-electron chi connectivity index (χ4n) is 2.71. The van der Waals surface area contributed by atoms with Crippen molar-refractivity contribution in [1.29, 1.82) is 0 Å². The molecule has 128 valence electrons. The number of hydrogen-bond acceptors (Lipinski definition) is 2. The molecule has 0 aliphatic carbocycles. The molecule has 0 spiro atoms. The van der Waals surface area contributed by atoms with Gasteiger partial charge in [-0.15, -0.1) is 0 Å². The third kappa shape index (κ3) is 3.82. The first-order valence-corrected chi connectivity index (χ1v) is 8.42. The zero-order valence-corrected chi connectivity index (χ0v) is 14.5. The van der Waals surface area contributed by atoms with Gasteiger partial charge in [-0.1, -0.05) is 42.5 Å². The van der Waals surface area contributed by atoms with Crippen LogP contribution in [0.4, 0.5) is 4.39 Å². The van der Waals surface area contributed by atoms with Crippen molar-refractivity contribution in [3.63, 3.8) is 0 Å². The van der Waals surface area contributed by atoms with E-state index < -0.39 is 0 Å². The van der Waals surface area contributed by atoms with Gasteiger partial charge < -0.3 is 9.47 Å². The number of rotatable bonds is 6. The lowest BCUT2D eigenvalue weighted by atomic mass is 10.0. The highest BCUT2D eigenvalue weighted by Crippen LogP contribution is 2.31. The molecule has 0 aliphatic rings. The van der Waals surface area contributed by atoms with Crippen LogP contribution < -0.4 is 9.47 Å². The quantitative estimate of drug-likeness (QED) is 0.514. The molecule has 0 aliphatic heterocycles. The Bertz CT molecular complexity index is 882. The van der Waals surface area contributed by atoms with E-state index >= 15 is 0 Å². The summed E-state index contributed by atoms with van der Waals surface area (Å²) in [6.07, 6.45) is 3.72. The zero-order valence-electron chi connectivity index (χ0n) is 14.5. The van der Waals surface area contributed by atoms with Gasteiger partial charge in [-0.3, -0.25) is 0 Å². The maximum absolute atomic E-state index is 14.6. The van der Waals surface area contributed by atoms with E-state index in [1.54, 1.807) is 12.1 Å². The van der Waals surface area contributed by atoms with E-state index in [9.17, 15) is 4.39 Å². The van der Waals surface area contributed by atoms with Crippen molar-refractivity contribution in [3.8, 4) is 22.6 Å². The van der Waals surface area contributed by atoms with Crippen LogP contribution >= 0.6 is 0 Å². The monoisotopic (exact) mass is 336 g/mol. The van der Waals surface area contributed by atoms with E-state index in [1.807, 2.05) is 68.5 Å². The number of halogens is 1. The van der Waals surface area contributed by atoms with Gasteiger partial charge in [0.2, 0.25) is 0 Å². The van der Waals surface area contributed by atoms with Crippen LogP contribution in [0.2, 0.25) is 0 Å². The van der Waals surface area contributed by atoms with Crippen LogP contribution in [0.25, 0.3) is 21.9 Å². The minimum Gasteiger partial charge on any atom is -0.494 e. The Morgan fingerprint density at radius 2 is 1.68 bits per heavy atom. The van der Waals surface area contributed by atoms with Gasteiger partial charge in [0.1, 0.15) is 12.4 Å². The average Bonchev–Trinajstić information content (AvgIpc) is 2.64. The molecule has 2 nitrogen and oxygen atoms in total. The molecule has 0 saturated heterocycles. The first-order chi connectivity index (χ1) is 12.2. The Balaban J connectivity index is 1.91. The van der Waals surface area contributed by atoms with E-state index in [0.717, 1.165) is 22.3 Å². The second-order valence-electron chi connectivity index (χ2n) is 5.65. The largest absolute Gasteiger partial charge is 0.494 e. The van der Waals surface area contributed by atoms with Crippen LogP contribution in [0, 0.1) is 5.82 Å². The number of allylic oxidation sites excluding steroid dienone is 1. The molecule has 0 unspecified atom stereocenters. The maximum atomic E-state index is 14.6. The molecule has 0 N–H and O–H groups in total. The molecule has 0 bridgehead atoms. The SMILES string of the molecule is CC=CCOc1ccc2cc(-c3ccc(OCC)cc3)ccc2c1F. The Kier molecular flexibility index (Phi) is 5.34. The Morgan fingerprint density at radius 1 is 0.920 bits per heavy atom. The van der Waals surface area contributed by atoms with Gasteiger partial charge >= 0.3 is 0 Å². The first-order valence-electron chi connectivity index (χ1n) is 8.42. The highest BCUT2D eigenvalue weighted by molar-refractivity contribution is 5.89. The molecule has 3 heteroatoms. The summed E-state index contributed by atoms with van der Waals surface area (Å²) in [5, 5.41) is 1.41. The lowest BCUT2D eigenvalue weighted by molar-refractivity contribution is 0.340. The van der Waals surface area contributed by atoms with Crippen LogP contribution in [0.15, 0.2) is 66.7 Å². The molecule has 0 aromatic heterocycles. The van der Waals surface area contributed by atoms with Crippen molar-refractivity contribution < 1.29 is 13.9 Å². The van der Waals surface area contributed by atoms with Crippen molar-refractivity contribution in [2.75, 3.05) is 13.2 Å². The smallest absolute Gasteiger partial charge is 0.172 e. The standard InChI is InChI=1S/C22H21FO2/c1-3-5-14-25-21-13-9-18-15-17(8-12-20(18)22(21)23)16-6-10-19(11-7-16)24-4-2/h3,5-13,15H,4,14H2,1-2H3. The van der Waals surface area contributed by atoms with E-state index in [2.05, 4.69) is 0 Å². The van der Waals surface area contributed by atoms with Crippen LogP contribution in [0.3, 0.4) is 0 Å². The number of ether oxygens (including phenoxy) is 2. The Morgan fingerprint density at radius 3 is 2.40 bits per heavy atom. The fraction of sp³-hybridized carbons (Fsp3) is 0.182. The predicted octanol–water partition coefficient (Wildman–Crippen LogP) is 6.00. The Hall–Kier alpha value is -2.81. The molecule has 0 atom stereocenters. The third-order valence-corrected chi connectivity index (χ3v) is 3.99. The molecular weight excluding hydrogens is 315 g/mol. The van der Waals surface area contributed by atoms with Crippen molar-refractivity contribution in [1.82, 2.24) is 0 Å². The van der Waals surface area contributed by atoms with Gasteiger partial charge in [0, 0.05) is 5.39 Å². The number of benzene rings is 3. The van der Waals surface area contributed by atoms with Crippen molar-refractivity contribution >= 4 is 10.8 Å². The summed E-state index contributed by atoms with van der Waals surface area (Å²) in [5.41, 5.74) is 2.11. The topological polar surface area (TPSA) is 18.5 Å². The highest BCUT2D eigenvalue weighted by Gasteiger charge is 2.09. The molecule has 3 aromatic carbocycles. The second-order valence-corrected chi connectivity index (χ2v) is 5.65. The average molecular weight is 336 g/mol. The molecule has 0 radical (unpaired) electrons. The van der Waals surface area contributed by atoms with Crippen LogP contribution in [0.1, 0.15) is 13.8 Å². The van der Waals surface area contributed by atoms with E-state index in [0.29, 0.717) is 18.6 Å². The molecule has 0 amide bonds. The Labute approximate surface area is 147 Å². The molecule has 0 fully saturated rings.